The molecule has 1 saturated carbocycles. The van der Waals surface area contributed by atoms with Crippen LogP contribution in [0.5, 0.6) is 0 Å². The maximum atomic E-state index is 12.0. The van der Waals surface area contributed by atoms with Crippen molar-refractivity contribution in [2.24, 2.45) is 16.2 Å². The van der Waals surface area contributed by atoms with Crippen molar-refractivity contribution in [3.8, 4) is 0 Å². The molecule has 0 atom stereocenters. The molecule has 6 nitrogen and oxygen atoms in total. The molecular weight excluding hydrogens is 356 g/mol. The van der Waals surface area contributed by atoms with Crippen LogP contribution in [-0.4, -0.2) is 31.6 Å². The Morgan fingerprint density at radius 2 is 1.86 bits per heavy atom. The van der Waals surface area contributed by atoms with Gasteiger partial charge in [0.2, 0.25) is 0 Å². The van der Waals surface area contributed by atoms with Gasteiger partial charge in [-0.2, -0.15) is 0 Å². The van der Waals surface area contributed by atoms with Crippen LogP contribution in [0.15, 0.2) is 40.7 Å². The Kier molecular flexibility index (Phi) is 8.72. The molecule has 1 aromatic rings. The minimum absolute atomic E-state index is 0.243. The van der Waals surface area contributed by atoms with Gasteiger partial charge in [0.15, 0.2) is 0 Å². The third-order valence-corrected chi connectivity index (χ3v) is 4.98. The third-order valence-electron chi connectivity index (χ3n) is 4.98. The molecule has 0 radical (unpaired) electrons. The molecule has 0 spiro atoms. The van der Waals surface area contributed by atoms with Crippen molar-refractivity contribution in [2.45, 2.75) is 52.6 Å². The zero-order valence-electron chi connectivity index (χ0n) is 17.2. The Bertz CT molecular complexity index is 747. The highest BCUT2D eigenvalue weighted by Gasteiger charge is 2.22. The molecule has 0 unspecified atom stereocenters. The number of carbonyl (C=O) groups is 1. The lowest BCUT2D eigenvalue weighted by molar-refractivity contribution is -0.133. The minimum Gasteiger partial charge on any atom is -0.465 e. The molecule has 0 saturated heterocycles. The molecule has 0 amide bonds. The van der Waals surface area contributed by atoms with Crippen molar-refractivity contribution in [2.75, 3.05) is 14.2 Å². The number of nitrogens with zero attached hydrogens (tertiary/aromatic N) is 2. The average molecular weight is 386 g/mol. The minimum atomic E-state index is -0.374. The van der Waals surface area contributed by atoms with Gasteiger partial charge in [0.1, 0.15) is 25.1 Å². The number of rotatable bonds is 8. The number of methoxy groups -OCH3 is 1. The summed E-state index contributed by atoms with van der Waals surface area (Å²) < 4.78 is 4.88. The molecule has 1 fully saturated rings. The molecule has 0 N–H and O–H groups in total. The van der Waals surface area contributed by atoms with Crippen LogP contribution in [0.3, 0.4) is 0 Å². The fourth-order valence-corrected chi connectivity index (χ4v) is 3.56. The Morgan fingerprint density at radius 1 is 1.14 bits per heavy atom. The lowest BCUT2D eigenvalue weighted by atomic mass is 9.84. The molecule has 2 rings (SSSR count). The van der Waals surface area contributed by atoms with E-state index in [1.165, 1.54) is 26.4 Å². The van der Waals surface area contributed by atoms with E-state index in [-0.39, 0.29) is 12.6 Å². The number of carbonyl (C=O) groups excluding carboxylic acids is 1. The van der Waals surface area contributed by atoms with Gasteiger partial charge < -0.3 is 14.4 Å². The second kappa shape index (κ2) is 11.3. The van der Waals surface area contributed by atoms with Crippen molar-refractivity contribution in [1.29, 1.82) is 0 Å². The molecule has 152 valence electrons. The van der Waals surface area contributed by atoms with Gasteiger partial charge >= 0.3 is 5.97 Å². The Morgan fingerprint density at radius 3 is 2.50 bits per heavy atom. The third kappa shape index (κ3) is 5.68. The molecule has 0 bridgehead atoms. The molecule has 1 aliphatic carbocycles. The van der Waals surface area contributed by atoms with Crippen LogP contribution in [0.4, 0.5) is 0 Å². The lowest BCUT2D eigenvalue weighted by Crippen LogP contribution is -2.25. The molecule has 6 heteroatoms. The van der Waals surface area contributed by atoms with Crippen molar-refractivity contribution in [3.63, 3.8) is 0 Å². The zero-order valence-corrected chi connectivity index (χ0v) is 17.2. The second-order valence-electron chi connectivity index (χ2n) is 6.80. The molecule has 0 aromatic heterocycles. The first-order chi connectivity index (χ1) is 13.6. The summed E-state index contributed by atoms with van der Waals surface area (Å²) in [6, 6.07) is 7.58. The predicted molar refractivity (Wildman–Crippen MR) is 111 cm³/mol. The Labute approximate surface area is 167 Å². The summed E-state index contributed by atoms with van der Waals surface area (Å²) >= 11 is 0. The number of hydrogen-bond donors (Lipinski definition) is 0. The van der Waals surface area contributed by atoms with E-state index in [1.807, 2.05) is 38.1 Å². The smallest absolute Gasteiger partial charge is 0.338 e. The van der Waals surface area contributed by atoms with Crippen molar-refractivity contribution in [3.05, 3.63) is 41.5 Å². The first-order valence-electron chi connectivity index (χ1n) is 9.73. The summed E-state index contributed by atoms with van der Waals surface area (Å²) in [7, 11) is 2.93. The zero-order chi connectivity index (χ0) is 20.4. The average Bonchev–Trinajstić information content (AvgIpc) is 2.73. The van der Waals surface area contributed by atoms with Crippen molar-refractivity contribution >= 4 is 23.0 Å². The van der Waals surface area contributed by atoms with Crippen LogP contribution in [0.1, 0.15) is 57.1 Å². The molecular formula is C22H30N2O4. The first-order valence-corrected chi connectivity index (χ1v) is 9.73. The van der Waals surface area contributed by atoms with Crippen LogP contribution >= 0.6 is 0 Å². The quantitative estimate of drug-likeness (QED) is 0.280. The summed E-state index contributed by atoms with van der Waals surface area (Å²) in [4.78, 5) is 22.7. The standard InChI is InChI=1S/C22H30N2O4/c1-5-19(22(25)26-3)20-14-10-9-13-18(20)15-28-23-16(2)21(24-27-4)17-11-7-6-8-12-17/h5,9-10,13-14,17H,6-8,11-12,15H2,1-4H3/b19-5+,23-16-,24-21+. The van der Waals surface area contributed by atoms with Gasteiger partial charge in [-0.15, -0.1) is 0 Å². The van der Waals surface area contributed by atoms with E-state index < -0.39 is 0 Å². The first kappa shape index (κ1) is 21.7. The van der Waals surface area contributed by atoms with E-state index in [1.54, 1.807) is 13.2 Å². The highest BCUT2D eigenvalue weighted by molar-refractivity contribution is 6.42. The van der Waals surface area contributed by atoms with E-state index >= 15 is 0 Å². The summed E-state index contributed by atoms with van der Waals surface area (Å²) in [6.07, 6.45) is 7.62. The molecule has 0 aliphatic heterocycles. The number of esters is 1. The number of allylic oxidation sites excluding steroid dienone is 1. The van der Waals surface area contributed by atoms with Gasteiger partial charge in [-0.25, -0.2) is 4.79 Å². The van der Waals surface area contributed by atoms with E-state index in [2.05, 4.69) is 10.3 Å². The Balaban J connectivity index is 2.13. The van der Waals surface area contributed by atoms with Gasteiger partial charge in [-0.1, -0.05) is 59.9 Å². The highest BCUT2D eigenvalue weighted by Crippen LogP contribution is 2.26. The van der Waals surface area contributed by atoms with Crippen molar-refractivity contribution in [1.82, 2.24) is 0 Å². The van der Waals surface area contributed by atoms with Gasteiger partial charge in [0, 0.05) is 11.5 Å². The van der Waals surface area contributed by atoms with Crippen LogP contribution < -0.4 is 0 Å². The topological polar surface area (TPSA) is 69.5 Å². The van der Waals surface area contributed by atoms with E-state index in [0.717, 1.165) is 35.4 Å². The fourth-order valence-electron chi connectivity index (χ4n) is 3.56. The van der Waals surface area contributed by atoms with Gasteiger partial charge in [-0.05, 0) is 32.3 Å². The number of benzene rings is 1. The summed E-state index contributed by atoms with van der Waals surface area (Å²) in [6.45, 7) is 3.95. The predicted octanol–water partition coefficient (Wildman–Crippen LogP) is 4.74. The molecule has 0 heterocycles. The molecule has 1 aromatic carbocycles. The maximum Gasteiger partial charge on any atom is 0.338 e. The van der Waals surface area contributed by atoms with Crippen LogP contribution in [0.2, 0.25) is 0 Å². The van der Waals surface area contributed by atoms with Gasteiger partial charge in [0.05, 0.1) is 12.7 Å². The monoisotopic (exact) mass is 386 g/mol. The van der Waals surface area contributed by atoms with Crippen LogP contribution in [0, 0.1) is 5.92 Å². The molecule has 1 aliphatic rings. The van der Waals surface area contributed by atoms with Crippen LogP contribution in [-0.2, 0) is 25.8 Å². The van der Waals surface area contributed by atoms with E-state index in [4.69, 9.17) is 14.4 Å². The molecule has 28 heavy (non-hydrogen) atoms. The summed E-state index contributed by atoms with van der Waals surface area (Å²) in [5.41, 5.74) is 3.74. The second-order valence-corrected chi connectivity index (χ2v) is 6.80. The summed E-state index contributed by atoms with van der Waals surface area (Å²) in [5, 5.41) is 8.48. The van der Waals surface area contributed by atoms with Crippen molar-refractivity contribution < 1.29 is 19.2 Å². The fraction of sp³-hybridized carbons (Fsp3) is 0.500. The SMILES string of the molecule is C/C=C(/C(=O)OC)c1ccccc1CO/N=C(C)\C(=N/OC)C1CCCCC1. The van der Waals surface area contributed by atoms with Gasteiger partial charge in [0.25, 0.3) is 0 Å². The van der Waals surface area contributed by atoms with Crippen LogP contribution in [0.25, 0.3) is 5.57 Å². The highest BCUT2D eigenvalue weighted by atomic mass is 16.6. The number of oxime groups is 2. The van der Waals surface area contributed by atoms with E-state index in [0.29, 0.717) is 11.5 Å². The maximum absolute atomic E-state index is 12.0. The van der Waals surface area contributed by atoms with Gasteiger partial charge in [-0.3, -0.25) is 0 Å². The largest absolute Gasteiger partial charge is 0.465 e. The lowest BCUT2D eigenvalue weighted by Gasteiger charge is -2.22. The number of hydrogen-bond acceptors (Lipinski definition) is 6. The van der Waals surface area contributed by atoms with E-state index in [9.17, 15) is 4.79 Å². The number of ether oxygens (including phenoxy) is 1. The summed E-state index contributed by atoms with van der Waals surface area (Å²) in [5.74, 6) is -0.0104. The normalized spacial score (nSPS) is 16.6. The Hall–Kier alpha value is -2.63.